The van der Waals surface area contributed by atoms with Gasteiger partial charge in [0.2, 0.25) is 5.58 Å². The zero-order valence-electron chi connectivity index (χ0n) is 9.44. The minimum Gasteiger partial charge on any atom is -0.433 e. The molecule has 0 unspecified atom stereocenters. The highest BCUT2D eigenvalue weighted by Crippen LogP contribution is 2.30. The van der Waals surface area contributed by atoms with Gasteiger partial charge in [0.1, 0.15) is 5.52 Å². The standard InChI is InChI=1S/C11H11BrN2O3/c1-6(2)3-10-13-8-4-7(12)5-9(14(15)16)11(8)17-10/h4-6H,3H2,1-2H3. The van der Waals surface area contributed by atoms with Crippen molar-refractivity contribution in [2.75, 3.05) is 0 Å². The van der Waals surface area contributed by atoms with Crippen LogP contribution in [0.1, 0.15) is 19.7 Å². The highest BCUT2D eigenvalue weighted by Gasteiger charge is 2.19. The lowest BCUT2D eigenvalue weighted by Crippen LogP contribution is -1.93. The van der Waals surface area contributed by atoms with E-state index in [9.17, 15) is 10.1 Å². The van der Waals surface area contributed by atoms with Crippen molar-refractivity contribution in [3.63, 3.8) is 0 Å². The van der Waals surface area contributed by atoms with E-state index in [2.05, 4.69) is 20.9 Å². The number of nitro groups is 1. The normalized spacial score (nSPS) is 11.3. The van der Waals surface area contributed by atoms with Gasteiger partial charge < -0.3 is 4.42 Å². The molecule has 5 nitrogen and oxygen atoms in total. The summed E-state index contributed by atoms with van der Waals surface area (Å²) in [5, 5.41) is 10.9. The molecule has 0 saturated carbocycles. The highest BCUT2D eigenvalue weighted by molar-refractivity contribution is 9.10. The second-order valence-electron chi connectivity index (χ2n) is 4.24. The first kappa shape index (κ1) is 12.0. The molecule has 0 bridgehead atoms. The van der Waals surface area contributed by atoms with Crippen LogP contribution in [0.2, 0.25) is 0 Å². The van der Waals surface area contributed by atoms with Crippen LogP contribution < -0.4 is 0 Å². The molecule has 0 radical (unpaired) electrons. The Morgan fingerprint density at radius 3 is 2.82 bits per heavy atom. The molecular formula is C11H11BrN2O3. The molecule has 17 heavy (non-hydrogen) atoms. The second kappa shape index (κ2) is 4.44. The lowest BCUT2D eigenvalue weighted by Gasteiger charge is -1.97. The number of hydrogen-bond donors (Lipinski definition) is 0. The lowest BCUT2D eigenvalue weighted by molar-refractivity contribution is -0.383. The predicted octanol–water partition coefficient (Wildman–Crippen LogP) is 3.70. The molecular weight excluding hydrogens is 288 g/mol. The Bertz CT molecular complexity index is 577. The molecule has 0 amide bonds. The summed E-state index contributed by atoms with van der Waals surface area (Å²) in [4.78, 5) is 14.7. The van der Waals surface area contributed by atoms with Gasteiger partial charge in [-0.25, -0.2) is 4.98 Å². The maximum absolute atomic E-state index is 10.9. The summed E-state index contributed by atoms with van der Waals surface area (Å²) in [7, 11) is 0. The minimum atomic E-state index is -0.461. The average molecular weight is 299 g/mol. The number of halogens is 1. The van der Waals surface area contributed by atoms with Crippen molar-refractivity contribution in [1.82, 2.24) is 4.98 Å². The van der Waals surface area contributed by atoms with Crippen molar-refractivity contribution >= 4 is 32.7 Å². The fourth-order valence-corrected chi connectivity index (χ4v) is 2.03. The zero-order valence-corrected chi connectivity index (χ0v) is 11.0. The average Bonchev–Trinajstić information content (AvgIpc) is 2.56. The Morgan fingerprint density at radius 1 is 1.53 bits per heavy atom. The van der Waals surface area contributed by atoms with Crippen molar-refractivity contribution in [3.8, 4) is 0 Å². The van der Waals surface area contributed by atoms with E-state index in [0.29, 0.717) is 28.2 Å². The van der Waals surface area contributed by atoms with Gasteiger partial charge in [0.05, 0.1) is 4.92 Å². The maximum Gasteiger partial charge on any atom is 0.315 e. The molecule has 0 aliphatic rings. The number of fused-ring (bicyclic) bond motifs is 1. The topological polar surface area (TPSA) is 69.2 Å². The number of nitrogens with zero attached hydrogens (tertiary/aromatic N) is 2. The summed E-state index contributed by atoms with van der Waals surface area (Å²) in [5.41, 5.74) is 0.701. The maximum atomic E-state index is 10.9. The molecule has 0 aliphatic heterocycles. The minimum absolute atomic E-state index is 0.0584. The molecule has 0 aliphatic carbocycles. The monoisotopic (exact) mass is 298 g/mol. The van der Waals surface area contributed by atoms with Crippen LogP contribution in [0.4, 0.5) is 5.69 Å². The van der Waals surface area contributed by atoms with Crippen LogP contribution in [-0.2, 0) is 6.42 Å². The van der Waals surface area contributed by atoms with Gasteiger partial charge in [-0.1, -0.05) is 29.8 Å². The van der Waals surface area contributed by atoms with Gasteiger partial charge in [0.25, 0.3) is 0 Å². The molecule has 0 saturated heterocycles. The van der Waals surface area contributed by atoms with Gasteiger partial charge in [0.15, 0.2) is 5.89 Å². The fourth-order valence-electron chi connectivity index (χ4n) is 1.60. The highest BCUT2D eigenvalue weighted by atomic mass is 79.9. The van der Waals surface area contributed by atoms with Crippen molar-refractivity contribution in [1.29, 1.82) is 0 Å². The summed E-state index contributed by atoms with van der Waals surface area (Å²) in [5.74, 6) is 0.932. The summed E-state index contributed by atoms with van der Waals surface area (Å²) in [6.45, 7) is 4.08. The lowest BCUT2D eigenvalue weighted by atomic mass is 10.1. The van der Waals surface area contributed by atoms with E-state index in [1.807, 2.05) is 13.8 Å². The van der Waals surface area contributed by atoms with Crippen molar-refractivity contribution in [2.45, 2.75) is 20.3 Å². The van der Waals surface area contributed by atoms with Crippen LogP contribution in [0.5, 0.6) is 0 Å². The Morgan fingerprint density at radius 2 is 2.24 bits per heavy atom. The smallest absolute Gasteiger partial charge is 0.315 e. The van der Waals surface area contributed by atoms with Crippen LogP contribution in [0.25, 0.3) is 11.1 Å². The summed E-state index contributed by atoms with van der Waals surface area (Å²) in [6.07, 6.45) is 0.670. The number of benzene rings is 1. The van der Waals surface area contributed by atoms with Gasteiger partial charge in [0, 0.05) is 17.0 Å². The number of aromatic nitrogens is 1. The van der Waals surface area contributed by atoms with E-state index in [0.717, 1.165) is 0 Å². The van der Waals surface area contributed by atoms with E-state index in [4.69, 9.17) is 4.42 Å². The number of rotatable bonds is 3. The molecule has 1 heterocycles. The fraction of sp³-hybridized carbons (Fsp3) is 0.364. The van der Waals surface area contributed by atoms with Crippen LogP contribution in [-0.4, -0.2) is 9.91 Å². The van der Waals surface area contributed by atoms with Gasteiger partial charge in [-0.2, -0.15) is 0 Å². The summed E-state index contributed by atoms with van der Waals surface area (Å²) >= 11 is 3.23. The summed E-state index contributed by atoms with van der Waals surface area (Å²) in [6, 6.07) is 3.14. The van der Waals surface area contributed by atoms with Gasteiger partial charge in [-0.15, -0.1) is 0 Å². The van der Waals surface area contributed by atoms with E-state index in [1.165, 1.54) is 6.07 Å². The van der Waals surface area contributed by atoms with Crippen LogP contribution >= 0.6 is 15.9 Å². The van der Waals surface area contributed by atoms with Crippen LogP contribution in [0, 0.1) is 16.0 Å². The number of hydrogen-bond acceptors (Lipinski definition) is 4. The molecule has 1 aromatic heterocycles. The third-order valence-electron chi connectivity index (χ3n) is 2.26. The van der Waals surface area contributed by atoms with Crippen molar-refractivity contribution in [3.05, 3.63) is 32.6 Å². The van der Waals surface area contributed by atoms with E-state index in [-0.39, 0.29) is 11.3 Å². The Balaban J connectivity index is 2.59. The third-order valence-corrected chi connectivity index (χ3v) is 2.72. The molecule has 0 spiro atoms. The SMILES string of the molecule is CC(C)Cc1nc2cc(Br)cc([N+](=O)[O-])c2o1. The first-order valence-corrected chi connectivity index (χ1v) is 6.00. The van der Waals surface area contributed by atoms with E-state index >= 15 is 0 Å². The third kappa shape index (κ3) is 2.46. The Kier molecular flexibility index (Phi) is 3.15. The molecule has 1 aromatic carbocycles. The molecule has 0 fully saturated rings. The van der Waals surface area contributed by atoms with Crippen LogP contribution in [0.15, 0.2) is 21.0 Å². The number of non-ortho nitro benzene ring substituents is 1. The van der Waals surface area contributed by atoms with Gasteiger partial charge in [-0.3, -0.25) is 10.1 Å². The van der Waals surface area contributed by atoms with Crippen molar-refractivity contribution in [2.24, 2.45) is 5.92 Å². The predicted molar refractivity (Wildman–Crippen MR) is 66.9 cm³/mol. The van der Waals surface area contributed by atoms with E-state index < -0.39 is 4.92 Å². The van der Waals surface area contributed by atoms with Gasteiger partial charge in [-0.05, 0) is 12.0 Å². The molecule has 2 rings (SSSR count). The van der Waals surface area contributed by atoms with Crippen molar-refractivity contribution < 1.29 is 9.34 Å². The van der Waals surface area contributed by atoms with Crippen LogP contribution in [0.3, 0.4) is 0 Å². The molecule has 0 atom stereocenters. The number of nitro benzene ring substituents is 1. The first-order valence-electron chi connectivity index (χ1n) is 5.20. The first-order chi connectivity index (χ1) is 7.97. The molecule has 6 heteroatoms. The largest absolute Gasteiger partial charge is 0.433 e. The molecule has 90 valence electrons. The number of oxazole rings is 1. The quantitative estimate of drug-likeness (QED) is 0.640. The zero-order chi connectivity index (χ0) is 12.6. The summed E-state index contributed by atoms with van der Waals surface area (Å²) < 4.78 is 6.08. The molecule has 0 N–H and O–H groups in total. The Labute approximate surface area is 106 Å². The van der Waals surface area contributed by atoms with Gasteiger partial charge >= 0.3 is 5.69 Å². The van der Waals surface area contributed by atoms with E-state index in [1.54, 1.807) is 6.07 Å². The second-order valence-corrected chi connectivity index (χ2v) is 5.15. The molecule has 2 aromatic rings. The Hall–Kier alpha value is -1.43.